The summed E-state index contributed by atoms with van der Waals surface area (Å²) in [6.45, 7) is 6.11. The standard InChI is InChI=1S/C25H21BO3/c1-3-4-6-9-17(2)19-12-13-24-21(14-19)22-15-20(18-10-7-5-8-11-18)16-23(26(27)28)25(22)29-24/h3-16,27-28H,2H2,1H3/b4-3-,9-6-. The molecule has 4 heteroatoms. The quantitative estimate of drug-likeness (QED) is 0.375. The highest BCUT2D eigenvalue weighted by atomic mass is 16.4. The Bertz CT molecular complexity index is 1250. The number of fused-ring (bicyclic) bond motifs is 3. The molecule has 0 aliphatic heterocycles. The smallest absolute Gasteiger partial charge is 0.456 e. The van der Waals surface area contributed by atoms with Crippen molar-refractivity contribution in [2.45, 2.75) is 6.92 Å². The lowest BCUT2D eigenvalue weighted by Gasteiger charge is -2.07. The maximum atomic E-state index is 9.95. The molecule has 142 valence electrons. The molecular weight excluding hydrogens is 359 g/mol. The lowest BCUT2D eigenvalue weighted by atomic mass is 9.77. The van der Waals surface area contributed by atoms with Crippen molar-refractivity contribution in [2.75, 3.05) is 0 Å². The van der Waals surface area contributed by atoms with Gasteiger partial charge in [0.15, 0.2) is 0 Å². The van der Waals surface area contributed by atoms with Crippen LogP contribution in [-0.4, -0.2) is 17.2 Å². The molecule has 0 saturated heterocycles. The van der Waals surface area contributed by atoms with Gasteiger partial charge in [-0.2, -0.15) is 0 Å². The molecule has 0 amide bonds. The molecule has 3 nitrogen and oxygen atoms in total. The zero-order chi connectivity index (χ0) is 20.4. The summed E-state index contributed by atoms with van der Waals surface area (Å²) in [6, 6.07) is 19.6. The second-order valence-electron chi connectivity index (χ2n) is 6.90. The van der Waals surface area contributed by atoms with Gasteiger partial charge in [0.1, 0.15) is 11.2 Å². The number of hydrogen-bond acceptors (Lipinski definition) is 3. The monoisotopic (exact) mass is 380 g/mol. The molecule has 4 aromatic rings. The molecule has 4 rings (SSSR count). The molecule has 0 atom stereocenters. The molecule has 2 N–H and O–H groups in total. The first-order chi connectivity index (χ1) is 14.1. The molecule has 29 heavy (non-hydrogen) atoms. The fourth-order valence-corrected chi connectivity index (χ4v) is 3.47. The average Bonchev–Trinajstić information content (AvgIpc) is 3.11. The maximum absolute atomic E-state index is 9.95. The van der Waals surface area contributed by atoms with Gasteiger partial charge in [0.25, 0.3) is 0 Å². The summed E-state index contributed by atoms with van der Waals surface area (Å²) in [6.07, 6.45) is 7.83. The lowest BCUT2D eigenvalue weighted by molar-refractivity contribution is 0.425. The molecule has 3 aromatic carbocycles. The maximum Gasteiger partial charge on any atom is 0.492 e. The van der Waals surface area contributed by atoms with Crippen LogP contribution < -0.4 is 5.46 Å². The number of benzene rings is 3. The topological polar surface area (TPSA) is 53.6 Å². The van der Waals surface area contributed by atoms with E-state index in [2.05, 4.69) is 6.58 Å². The van der Waals surface area contributed by atoms with Gasteiger partial charge in [-0.05, 0) is 47.4 Å². The first-order valence-corrected chi connectivity index (χ1v) is 9.49. The molecule has 0 unspecified atom stereocenters. The van der Waals surface area contributed by atoms with E-state index >= 15 is 0 Å². The van der Waals surface area contributed by atoms with Crippen molar-refractivity contribution < 1.29 is 14.5 Å². The van der Waals surface area contributed by atoms with Crippen LogP contribution in [0, 0.1) is 0 Å². The van der Waals surface area contributed by atoms with Crippen molar-refractivity contribution in [1.82, 2.24) is 0 Å². The summed E-state index contributed by atoms with van der Waals surface area (Å²) in [7, 11) is -1.63. The van der Waals surface area contributed by atoms with E-state index in [1.165, 1.54) is 0 Å². The van der Waals surface area contributed by atoms with Crippen molar-refractivity contribution in [3.05, 3.63) is 97.1 Å². The lowest BCUT2D eigenvalue weighted by Crippen LogP contribution is -2.30. The van der Waals surface area contributed by atoms with Crippen molar-refractivity contribution >= 4 is 40.1 Å². The van der Waals surface area contributed by atoms with E-state index in [1.807, 2.05) is 85.8 Å². The highest BCUT2D eigenvalue weighted by Gasteiger charge is 2.21. The van der Waals surface area contributed by atoms with E-state index in [1.54, 1.807) is 6.07 Å². The molecule has 0 aliphatic carbocycles. The van der Waals surface area contributed by atoms with Crippen molar-refractivity contribution in [3.8, 4) is 11.1 Å². The van der Waals surface area contributed by atoms with Crippen LogP contribution >= 0.6 is 0 Å². The summed E-state index contributed by atoms with van der Waals surface area (Å²) < 4.78 is 5.99. The minimum absolute atomic E-state index is 0.353. The molecular formula is C25H21BO3. The SMILES string of the molecule is C=C(/C=C\C=C/C)c1ccc2oc3c(B(O)O)cc(-c4ccccc4)cc3c2c1. The van der Waals surface area contributed by atoms with Gasteiger partial charge in [0.05, 0.1) is 0 Å². The highest BCUT2D eigenvalue weighted by molar-refractivity contribution is 6.62. The Kier molecular flexibility index (Phi) is 5.21. The Balaban J connectivity index is 1.93. The highest BCUT2D eigenvalue weighted by Crippen LogP contribution is 2.33. The minimum atomic E-state index is -1.63. The summed E-state index contributed by atoms with van der Waals surface area (Å²) in [4.78, 5) is 0. The third kappa shape index (κ3) is 3.68. The van der Waals surface area contributed by atoms with Crippen molar-refractivity contribution in [2.24, 2.45) is 0 Å². The Hall–Kier alpha value is -3.34. The Morgan fingerprint density at radius 2 is 1.72 bits per heavy atom. The summed E-state index contributed by atoms with van der Waals surface area (Å²) in [5.74, 6) is 0. The van der Waals surface area contributed by atoms with E-state index in [-0.39, 0.29) is 0 Å². The van der Waals surface area contributed by atoms with Crippen LogP contribution in [0.2, 0.25) is 0 Å². The summed E-state index contributed by atoms with van der Waals surface area (Å²) in [5.41, 5.74) is 5.31. The van der Waals surface area contributed by atoms with Gasteiger partial charge < -0.3 is 14.5 Å². The van der Waals surface area contributed by atoms with Gasteiger partial charge in [-0.1, -0.05) is 73.3 Å². The number of hydrogen-bond donors (Lipinski definition) is 2. The van der Waals surface area contributed by atoms with Crippen LogP contribution in [-0.2, 0) is 0 Å². The van der Waals surface area contributed by atoms with Gasteiger partial charge in [-0.15, -0.1) is 0 Å². The van der Waals surface area contributed by atoms with Gasteiger partial charge >= 0.3 is 7.12 Å². The normalized spacial score (nSPS) is 11.8. The predicted molar refractivity (Wildman–Crippen MR) is 122 cm³/mol. The number of rotatable bonds is 5. The van der Waals surface area contributed by atoms with Crippen LogP contribution in [0.5, 0.6) is 0 Å². The van der Waals surface area contributed by atoms with Crippen LogP contribution in [0.1, 0.15) is 12.5 Å². The van der Waals surface area contributed by atoms with Gasteiger partial charge in [-0.3, -0.25) is 0 Å². The summed E-state index contributed by atoms with van der Waals surface area (Å²) in [5, 5.41) is 21.7. The summed E-state index contributed by atoms with van der Waals surface area (Å²) >= 11 is 0. The van der Waals surface area contributed by atoms with Crippen LogP contribution in [0.15, 0.2) is 96.0 Å². The third-order valence-corrected chi connectivity index (χ3v) is 4.96. The van der Waals surface area contributed by atoms with Crippen LogP contribution in [0.4, 0.5) is 0 Å². The molecule has 1 heterocycles. The second-order valence-corrected chi connectivity index (χ2v) is 6.90. The third-order valence-electron chi connectivity index (χ3n) is 4.96. The Labute approximate surface area is 170 Å². The Morgan fingerprint density at radius 1 is 0.931 bits per heavy atom. The van der Waals surface area contributed by atoms with Crippen molar-refractivity contribution in [1.29, 1.82) is 0 Å². The molecule has 0 bridgehead atoms. The Morgan fingerprint density at radius 3 is 2.45 bits per heavy atom. The molecule has 0 spiro atoms. The van der Waals surface area contributed by atoms with Crippen molar-refractivity contribution in [3.63, 3.8) is 0 Å². The minimum Gasteiger partial charge on any atom is -0.456 e. The molecule has 0 fully saturated rings. The number of allylic oxidation sites excluding steroid dienone is 5. The molecule has 0 saturated carbocycles. The first kappa shape index (κ1) is 19.0. The van der Waals surface area contributed by atoms with Gasteiger partial charge in [0.2, 0.25) is 0 Å². The average molecular weight is 380 g/mol. The predicted octanol–water partition coefficient (Wildman–Crippen LogP) is 5.08. The molecule has 1 aromatic heterocycles. The fraction of sp³-hybridized carbons (Fsp3) is 0.0400. The van der Waals surface area contributed by atoms with E-state index in [9.17, 15) is 10.0 Å². The first-order valence-electron chi connectivity index (χ1n) is 9.49. The van der Waals surface area contributed by atoms with Crippen LogP contribution in [0.25, 0.3) is 38.6 Å². The van der Waals surface area contributed by atoms with Gasteiger partial charge in [-0.25, -0.2) is 0 Å². The fourth-order valence-electron chi connectivity index (χ4n) is 3.47. The van der Waals surface area contributed by atoms with E-state index < -0.39 is 7.12 Å². The zero-order valence-corrected chi connectivity index (χ0v) is 16.2. The zero-order valence-electron chi connectivity index (χ0n) is 16.2. The van der Waals surface area contributed by atoms with E-state index in [4.69, 9.17) is 4.42 Å². The largest absolute Gasteiger partial charge is 0.492 e. The second kappa shape index (κ2) is 7.96. The van der Waals surface area contributed by atoms with E-state index in [0.717, 1.165) is 33.0 Å². The molecule has 0 radical (unpaired) electrons. The van der Waals surface area contributed by atoms with E-state index in [0.29, 0.717) is 16.6 Å². The van der Waals surface area contributed by atoms with Gasteiger partial charge in [0, 0.05) is 16.2 Å². The number of furan rings is 1. The van der Waals surface area contributed by atoms with Crippen LogP contribution in [0.3, 0.4) is 0 Å². The molecule has 0 aliphatic rings.